The van der Waals surface area contributed by atoms with Crippen LogP contribution in [-0.2, 0) is 12.1 Å². The number of benzene rings is 2. The molecule has 1 aromatic heterocycles. The minimum atomic E-state index is 0.125. The fourth-order valence-electron chi connectivity index (χ4n) is 3.16. The van der Waals surface area contributed by atoms with Gasteiger partial charge in [0.15, 0.2) is 6.67 Å². The lowest BCUT2D eigenvalue weighted by Crippen LogP contribution is -2.36. The molecular formula is C23H30N3O+. The zero-order valence-electron chi connectivity index (χ0n) is 17.2. The maximum Gasteiger partial charge on any atom is 0.173 e. The summed E-state index contributed by atoms with van der Waals surface area (Å²) in [5.41, 5.74) is 5.46. The molecule has 0 atom stereocenters. The van der Waals surface area contributed by atoms with Crippen LogP contribution in [0.2, 0.25) is 0 Å². The van der Waals surface area contributed by atoms with Gasteiger partial charge in [-0.05, 0) is 28.7 Å². The highest BCUT2D eigenvalue weighted by Crippen LogP contribution is 2.34. The van der Waals surface area contributed by atoms with Gasteiger partial charge in [-0.25, -0.2) is 4.68 Å². The van der Waals surface area contributed by atoms with Crippen LogP contribution in [0.4, 0.5) is 0 Å². The van der Waals surface area contributed by atoms with Crippen molar-refractivity contribution in [2.24, 2.45) is 0 Å². The lowest BCUT2D eigenvalue weighted by molar-refractivity contribution is -0.893. The van der Waals surface area contributed by atoms with E-state index >= 15 is 0 Å². The summed E-state index contributed by atoms with van der Waals surface area (Å²) in [6.45, 7) is 7.43. The molecule has 27 heavy (non-hydrogen) atoms. The molecule has 0 radical (unpaired) electrons. The maximum atomic E-state index is 9.92. The summed E-state index contributed by atoms with van der Waals surface area (Å²) in [5.74, 6) is 0.252. The minimum absolute atomic E-state index is 0.125. The van der Waals surface area contributed by atoms with E-state index in [4.69, 9.17) is 5.10 Å². The van der Waals surface area contributed by atoms with Crippen LogP contribution in [0.25, 0.3) is 22.4 Å². The molecule has 1 N–H and O–H groups in total. The Morgan fingerprint density at radius 3 is 2.19 bits per heavy atom. The molecule has 0 saturated carbocycles. The first kappa shape index (κ1) is 19.2. The Balaban J connectivity index is 2.10. The van der Waals surface area contributed by atoms with Crippen molar-refractivity contribution < 1.29 is 9.59 Å². The third-order valence-corrected chi connectivity index (χ3v) is 4.51. The van der Waals surface area contributed by atoms with Crippen molar-refractivity contribution in [3.05, 3.63) is 60.3 Å². The van der Waals surface area contributed by atoms with Crippen LogP contribution >= 0.6 is 0 Å². The van der Waals surface area contributed by atoms with Gasteiger partial charge in [0.05, 0.1) is 21.1 Å². The van der Waals surface area contributed by atoms with E-state index < -0.39 is 0 Å². The number of aromatic hydroxyl groups is 1. The molecule has 0 spiro atoms. The van der Waals surface area contributed by atoms with E-state index in [1.807, 2.05) is 16.8 Å². The Morgan fingerprint density at radius 1 is 0.963 bits per heavy atom. The first-order valence-corrected chi connectivity index (χ1v) is 9.31. The SMILES string of the molecule is CC(C)(C)c1ccc(-c2cn(C[N+](C)(C)C)nc2-c2cccc(O)c2)cc1. The summed E-state index contributed by atoms with van der Waals surface area (Å²) in [5, 5.41) is 14.8. The van der Waals surface area contributed by atoms with E-state index in [1.54, 1.807) is 12.1 Å². The monoisotopic (exact) mass is 364 g/mol. The molecule has 0 unspecified atom stereocenters. The Hall–Kier alpha value is -2.59. The lowest BCUT2D eigenvalue weighted by Gasteiger charge is -2.23. The van der Waals surface area contributed by atoms with Gasteiger partial charge >= 0.3 is 0 Å². The lowest BCUT2D eigenvalue weighted by atomic mass is 9.86. The molecule has 1 heterocycles. The van der Waals surface area contributed by atoms with E-state index in [0.29, 0.717) is 0 Å². The van der Waals surface area contributed by atoms with Gasteiger partial charge in [-0.3, -0.25) is 0 Å². The first-order chi connectivity index (χ1) is 12.5. The number of aromatic nitrogens is 2. The number of phenols is 1. The van der Waals surface area contributed by atoms with Crippen LogP contribution in [-0.4, -0.2) is 40.5 Å². The van der Waals surface area contributed by atoms with Crippen molar-refractivity contribution in [2.45, 2.75) is 32.9 Å². The van der Waals surface area contributed by atoms with Crippen molar-refractivity contribution in [1.82, 2.24) is 9.78 Å². The van der Waals surface area contributed by atoms with Gasteiger partial charge in [0, 0.05) is 17.3 Å². The largest absolute Gasteiger partial charge is 0.508 e. The van der Waals surface area contributed by atoms with Crippen LogP contribution in [0.3, 0.4) is 0 Å². The zero-order chi connectivity index (χ0) is 19.8. The second-order valence-electron chi connectivity index (χ2n) is 9.24. The third-order valence-electron chi connectivity index (χ3n) is 4.51. The van der Waals surface area contributed by atoms with Crippen LogP contribution in [0, 0.1) is 0 Å². The molecule has 0 bridgehead atoms. The second kappa shape index (κ2) is 6.86. The second-order valence-corrected chi connectivity index (χ2v) is 9.24. The van der Waals surface area contributed by atoms with E-state index in [0.717, 1.165) is 33.5 Å². The average Bonchev–Trinajstić information content (AvgIpc) is 2.96. The van der Waals surface area contributed by atoms with E-state index in [-0.39, 0.29) is 11.2 Å². The van der Waals surface area contributed by atoms with Crippen molar-refractivity contribution >= 4 is 0 Å². The topological polar surface area (TPSA) is 38.0 Å². The molecule has 0 amide bonds. The number of rotatable bonds is 4. The molecule has 4 nitrogen and oxygen atoms in total. The average molecular weight is 365 g/mol. The third kappa shape index (κ3) is 4.58. The van der Waals surface area contributed by atoms with Gasteiger partial charge < -0.3 is 9.59 Å². The summed E-state index contributed by atoms with van der Waals surface area (Å²) in [6, 6.07) is 16.0. The highest BCUT2D eigenvalue weighted by atomic mass is 16.3. The quantitative estimate of drug-likeness (QED) is 0.670. The molecule has 0 aliphatic rings. The van der Waals surface area contributed by atoms with Gasteiger partial charge in [-0.15, -0.1) is 0 Å². The van der Waals surface area contributed by atoms with Gasteiger partial charge in [-0.1, -0.05) is 57.2 Å². The molecule has 3 aromatic rings. The summed E-state index contributed by atoms with van der Waals surface area (Å²) in [4.78, 5) is 0. The van der Waals surface area contributed by atoms with Gasteiger partial charge in [-0.2, -0.15) is 5.10 Å². The molecule has 0 aliphatic carbocycles. The first-order valence-electron chi connectivity index (χ1n) is 9.31. The molecule has 4 heteroatoms. The number of hydrogen-bond donors (Lipinski definition) is 1. The smallest absolute Gasteiger partial charge is 0.173 e. The van der Waals surface area contributed by atoms with Crippen molar-refractivity contribution in [2.75, 3.05) is 21.1 Å². The van der Waals surface area contributed by atoms with Crippen LogP contribution in [0.15, 0.2) is 54.7 Å². The molecule has 2 aromatic carbocycles. The summed E-state index contributed by atoms with van der Waals surface area (Å²) in [6.07, 6.45) is 2.11. The predicted molar refractivity (Wildman–Crippen MR) is 111 cm³/mol. The highest BCUT2D eigenvalue weighted by molar-refractivity contribution is 5.81. The van der Waals surface area contributed by atoms with Gasteiger partial charge in [0.25, 0.3) is 0 Å². The Labute approximate surface area is 162 Å². The summed E-state index contributed by atoms with van der Waals surface area (Å²) >= 11 is 0. The van der Waals surface area contributed by atoms with Crippen molar-refractivity contribution in [3.63, 3.8) is 0 Å². The van der Waals surface area contributed by atoms with Crippen LogP contribution < -0.4 is 0 Å². The van der Waals surface area contributed by atoms with E-state index in [2.05, 4.69) is 72.4 Å². The fourth-order valence-corrected chi connectivity index (χ4v) is 3.16. The van der Waals surface area contributed by atoms with Crippen LogP contribution in [0.5, 0.6) is 5.75 Å². The maximum absolute atomic E-state index is 9.92. The number of nitrogens with zero attached hydrogens (tertiary/aromatic N) is 3. The molecular weight excluding hydrogens is 334 g/mol. The van der Waals surface area contributed by atoms with Gasteiger partial charge in [0.1, 0.15) is 11.4 Å². The number of quaternary nitrogens is 1. The Morgan fingerprint density at radius 2 is 1.63 bits per heavy atom. The van der Waals surface area contributed by atoms with Crippen LogP contribution in [0.1, 0.15) is 26.3 Å². The number of phenolic OH excluding ortho intramolecular Hbond substituents is 1. The Kier molecular flexibility index (Phi) is 4.87. The predicted octanol–water partition coefficient (Wildman–Crippen LogP) is 4.88. The summed E-state index contributed by atoms with van der Waals surface area (Å²) < 4.78 is 2.77. The highest BCUT2D eigenvalue weighted by Gasteiger charge is 2.18. The van der Waals surface area contributed by atoms with E-state index in [9.17, 15) is 5.11 Å². The fraction of sp³-hybridized carbons (Fsp3) is 0.348. The Bertz CT molecular complexity index is 925. The minimum Gasteiger partial charge on any atom is -0.508 e. The molecule has 0 fully saturated rings. The molecule has 0 saturated heterocycles. The van der Waals surface area contributed by atoms with Gasteiger partial charge in [0.2, 0.25) is 0 Å². The summed E-state index contributed by atoms with van der Waals surface area (Å²) in [7, 11) is 6.44. The van der Waals surface area contributed by atoms with Crippen molar-refractivity contribution in [1.29, 1.82) is 0 Å². The zero-order valence-corrected chi connectivity index (χ0v) is 17.2. The molecule has 0 aliphatic heterocycles. The number of hydrogen-bond acceptors (Lipinski definition) is 2. The van der Waals surface area contributed by atoms with Crippen molar-refractivity contribution in [3.8, 4) is 28.1 Å². The molecule has 142 valence electrons. The molecule has 3 rings (SSSR count). The standard InChI is InChI=1S/C23H29N3O/c1-23(2,3)19-12-10-17(11-13-19)21-15-25(16-26(4,5)6)24-22(21)18-8-7-9-20(27)14-18/h7-15H,16H2,1-6H3/p+1. The van der Waals surface area contributed by atoms with E-state index in [1.165, 1.54) is 5.56 Å². The normalized spacial score (nSPS) is 12.4.